The summed E-state index contributed by atoms with van der Waals surface area (Å²) in [7, 11) is 1.73. The van der Waals surface area contributed by atoms with Crippen LogP contribution in [0, 0.1) is 0 Å². The summed E-state index contributed by atoms with van der Waals surface area (Å²) in [5, 5.41) is 18.6. The van der Waals surface area contributed by atoms with E-state index >= 15 is 0 Å². The first kappa shape index (κ1) is 23.5. The largest absolute Gasteiger partial charge is 0.389 e. The normalized spacial score (nSPS) is 16.4. The maximum absolute atomic E-state index is 12.8. The molecule has 1 fully saturated rings. The van der Waals surface area contributed by atoms with Crippen molar-refractivity contribution in [2.75, 3.05) is 18.5 Å². The number of rotatable bonds is 7. The molecule has 4 rings (SSSR count). The minimum absolute atomic E-state index is 0.0790. The van der Waals surface area contributed by atoms with Gasteiger partial charge in [-0.05, 0) is 48.7 Å². The highest BCUT2D eigenvalue weighted by Gasteiger charge is 2.36. The number of benzene rings is 1. The summed E-state index contributed by atoms with van der Waals surface area (Å²) in [6.07, 6.45) is 2.81. The van der Waals surface area contributed by atoms with E-state index in [1.54, 1.807) is 32.2 Å². The minimum atomic E-state index is -1.35. The number of carbonyl (C=O) groups excluding carboxylic acids is 1. The molecule has 1 saturated heterocycles. The molecule has 0 saturated carbocycles. The van der Waals surface area contributed by atoms with Gasteiger partial charge in [0.1, 0.15) is 5.82 Å². The van der Waals surface area contributed by atoms with E-state index in [0.717, 1.165) is 24.8 Å². The molecule has 11 nitrogen and oxygen atoms in total. The Morgan fingerprint density at radius 1 is 1.12 bits per heavy atom. The molecule has 1 aliphatic rings. The van der Waals surface area contributed by atoms with Crippen molar-refractivity contribution in [3.63, 3.8) is 0 Å². The number of pyridine rings is 1. The predicted octanol–water partition coefficient (Wildman–Crippen LogP) is 2.45. The lowest BCUT2D eigenvalue weighted by atomic mass is 10.1. The van der Waals surface area contributed by atoms with Gasteiger partial charge in [-0.3, -0.25) is 4.79 Å². The number of carbonyl (C=O) groups is 1. The molecule has 1 N–H and O–H groups in total. The van der Waals surface area contributed by atoms with Crippen LogP contribution in [0.4, 0.5) is 5.82 Å². The van der Waals surface area contributed by atoms with Crippen LogP contribution in [-0.2, 0) is 32.8 Å². The van der Waals surface area contributed by atoms with Gasteiger partial charge in [-0.25, -0.2) is 9.67 Å². The van der Waals surface area contributed by atoms with Crippen LogP contribution in [0.1, 0.15) is 43.3 Å². The molecule has 3 heterocycles. The van der Waals surface area contributed by atoms with Crippen LogP contribution < -0.4 is 5.32 Å². The number of anilines is 1. The smallest absolute Gasteiger partial charge is 0.285 e. The highest BCUT2D eigenvalue weighted by molar-refractivity contribution is 6.10. The van der Waals surface area contributed by atoms with Gasteiger partial charge in [0.15, 0.2) is 12.3 Å². The number of amides is 1. The zero-order chi connectivity index (χ0) is 23.8. The van der Waals surface area contributed by atoms with E-state index in [4.69, 9.17) is 14.3 Å². The Hall–Kier alpha value is -3.70. The average molecular weight is 466 g/mol. The first-order chi connectivity index (χ1) is 16.5. The van der Waals surface area contributed by atoms with Crippen molar-refractivity contribution in [3.05, 3.63) is 65.6 Å². The molecule has 0 bridgehead atoms. The summed E-state index contributed by atoms with van der Waals surface area (Å²) in [6.45, 7) is 2.64. The standard InChI is InChI=1S/C23H27N7O4/c1-23(32-14-7-4-8-15-33-23)22(31)25-19-13-9-12-18(24-19)16-34-27-20(17-10-5-3-6-11-17)21-26-28-29-30(21)2/h3,5-6,9-13H,4,7-8,14-16H2,1-2H3,(H,24,25,31)/b27-20-. The van der Waals surface area contributed by atoms with Crippen LogP contribution in [0.25, 0.3) is 0 Å². The minimum Gasteiger partial charge on any atom is -0.389 e. The molecule has 1 aromatic carbocycles. The summed E-state index contributed by atoms with van der Waals surface area (Å²) in [4.78, 5) is 22.9. The van der Waals surface area contributed by atoms with Crippen molar-refractivity contribution < 1.29 is 19.1 Å². The van der Waals surface area contributed by atoms with E-state index in [0.29, 0.717) is 36.3 Å². The van der Waals surface area contributed by atoms with Crippen LogP contribution in [0.2, 0.25) is 0 Å². The average Bonchev–Trinajstić information content (AvgIpc) is 3.25. The van der Waals surface area contributed by atoms with Crippen LogP contribution in [0.5, 0.6) is 0 Å². The first-order valence-corrected chi connectivity index (χ1v) is 11.1. The molecule has 0 radical (unpaired) electrons. The zero-order valence-electron chi connectivity index (χ0n) is 19.2. The molecule has 0 aliphatic carbocycles. The van der Waals surface area contributed by atoms with Crippen LogP contribution in [0.3, 0.4) is 0 Å². The van der Waals surface area contributed by atoms with Crippen molar-refractivity contribution in [3.8, 4) is 0 Å². The van der Waals surface area contributed by atoms with Gasteiger partial charge in [0, 0.05) is 12.6 Å². The van der Waals surface area contributed by atoms with Crippen molar-refractivity contribution in [1.29, 1.82) is 0 Å². The number of ether oxygens (including phenoxy) is 2. The number of oxime groups is 1. The summed E-state index contributed by atoms with van der Waals surface area (Å²) < 4.78 is 12.9. The Bertz CT molecular complexity index is 1130. The Morgan fingerprint density at radius 3 is 2.59 bits per heavy atom. The molecule has 1 amide bonds. The lowest BCUT2D eigenvalue weighted by Crippen LogP contribution is -2.46. The van der Waals surface area contributed by atoms with Gasteiger partial charge in [0.05, 0.1) is 18.9 Å². The predicted molar refractivity (Wildman–Crippen MR) is 123 cm³/mol. The zero-order valence-corrected chi connectivity index (χ0v) is 19.2. The molecule has 3 aromatic rings. The maximum Gasteiger partial charge on any atom is 0.285 e. The third-order valence-corrected chi connectivity index (χ3v) is 5.25. The number of nitrogens with one attached hydrogen (secondary N) is 1. The Kier molecular flexibility index (Phi) is 7.55. The monoisotopic (exact) mass is 465 g/mol. The molecule has 0 atom stereocenters. The van der Waals surface area contributed by atoms with E-state index in [1.165, 1.54) is 4.68 Å². The second-order valence-corrected chi connectivity index (χ2v) is 7.88. The van der Waals surface area contributed by atoms with Crippen molar-refractivity contribution >= 4 is 17.4 Å². The molecule has 34 heavy (non-hydrogen) atoms. The Balaban J connectivity index is 1.44. The third kappa shape index (κ3) is 5.80. The molecule has 0 unspecified atom stereocenters. The second-order valence-electron chi connectivity index (χ2n) is 7.88. The van der Waals surface area contributed by atoms with Crippen molar-refractivity contribution in [1.82, 2.24) is 25.2 Å². The number of hydrogen-bond acceptors (Lipinski definition) is 9. The Labute approximate surface area is 197 Å². The summed E-state index contributed by atoms with van der Waals surface area (Å²) in [5.74, 6) is -0.925. The van der Waals surface area contributed by atoms with Crippen LogP contribution in [-0.4, -0.2) is 55.8 Å². The van der Waals surface area contributed by atoms with Crippen LogP contribution in [0.15, 0.2) is 53.7 Å². The lowest BCUT2D eigenvalue weighted by Gasteiger charge is -2.30. The Morgan fingerprint density at radius 2 is 1.88 bits per heavy atom. The van der Waals surface area contributed by atoms with Gasteiger partial charge in [-0.15, -0.1) is 5.10 Å². The summed E-state index contributed by atoms with van der Waals surface area (Å²) >= 11 is 0. The molecule has 0 spiro atoms. The quantitative estimate of drug-likeness (QED) is 0.417. The van der Waals surface area contributed by atoms with Gasteiger partial charge in [0.2, 0.25) is 11.6 Å². The molecular formula is C23H27N7O4. The molecule has 1 aliphatic heterocycles. The number of aromatic nitrogens is 5. The molecule has 11 heteroatoms. The second kappa shape index (κ2) is 10.9. The number of tetrazole rings is 1. The lowest BCUT2D eigenvalue weighted by molar-refractivity contribution is -0.223. The fraction of sp³-hybridized carbons (Fsp3) is 0.391. The SMILES string of the molecule is Cn1nnnc1/C(=N\OCc1cccc(NC(=O)C2(C)OCCCCCO2)n1)c1ccccc1. The highest BCUT2D eigenvalue weighted by atomic mass is 16.7. The summed E-state index contributed by atoms with van der Waals surface area (Å²) in [6, 6.07) is 14.7. The van der Waals surface area contributed by atoms with Crippen molar-refractivity contribution in [2.45, 2.75) is 38.6 Å². The molecular weight excluding hydrogens is 438 g/mol. The van der Waals surface area contributed by atoms with Gasteiger partial charge in [0.25, 0.3) is 5.91 Å². The van der Waals surface area contributed by atoms with Gasteiger partial charge >= 0.3 is 0 Å². The fourth-order valence-electron chi connectivity index (χ4n) is 3.36. The van der Waals surface area contributed by atoms with E-state index in [1.807, 2.05) is 30.3 Å². The number of aryl methyl sites for hydroxylation is 1. The van der Waals surface area contributed by atoms with Gasteiger partial charge in [-0.2, -0.15) is 0 Å². The topological polar surface area (TPSA) is 126 Å². The summed E-state index contributed by atoms with van der Waals surface area (Å²) in [5.41, 5.74) is 1.88. The van der Waals surface area contributed by atoms with Crippen molar-refractivity contribution in [2.24, 2.45) is 12.2 Å². The van der Waals surface area contributed by atoms with E-state index in [-0.39, 0.29) is 6.61 Å². The van der Waals surface area contributed by atoms with E-state index in [9.17, 15) is 4.79 Å². The van der Waals surface area contributed by atoms with E-state index in [2.05, 4.69) is 31.0 Å². The number of nitrogens with zero attached hydrogens (tertiary/aromatic N) is 6. The first-order valence-electron chi connectivity index (χ1n) is 11.1. The maximum atomic E-state index is 12.8. The number of hydrogen-bond donors (Lipinski definition) is 1. The van der Waals surface area contributed by atoms with Gasteiger partial charge in [-0.1, -0.05) is 41.6 Å². The van der Waals surface area contributed by atoms with Crippen LogP contribution >= 0.6 is 0 Å². The highest BCUT2D eigenvalue weighted by Crippen LogP contribution is 2.20. The van der Waals surface area contributed by atoms with Gasteiger partial charge < -0.3 is 19.6 Å². The molecule has 178 valence electrons. The van der Waals surface area contributed by atoms with E-state index < -0.39 is 11.7 Å². The molecule has 2 aromatic heterocycles. The fourth-order valence-corrected chi connectivity index (χ4v) is 3.36. The third-order valence-electron chi connectivity index (χ3n) is 5.25.